The Morgan fingerprint density at radius 1 is 1.14 bits per heavy atom. The third-order valence-electron chi connectivity index (χ3n) is 6.01. The van der Waals surface area contributed by atoms with Crippen LogP contribution in [0.3, 0.4) is 0 Å². The van der Waals surface area contributed by atoms with Crippen molar-refractivity contribution in [1.82, 2.24) is 9.88 Å². The van der Waals surface area contributed by atoms with Gasteiger partial charge in [-0.25, -0.2) is 0 Å². The van der Waals surface area contributed by atoms with E-state index in [0.29, 0.717) is 18.4 Å². The monoisotopic (exact) mass is 280 g/mol. The van der Waals surface area contributed by atoms with Crippen molar-refractivity contribution in [3.63, 3.8) is 0 Å². The van der Waals surface area contributed by atoms with E-state index in [-0.39, 0.29) is 29.1 Å². The van der Waals surface area contributed by atoms with Gasteiger partial charge in [-0.15, -0.1) is 0 Å². The fraction of sp³-hybridized carbons (Fsp3) is 0.471. The van der Waals surface area contributed by atoms with Crippen molar-refractivity contribution in [2.75, 3.05) is 0 Å². The number of imide groups is 1. The van der Waals surface area contributed by atoms with Crippen LogP contribution in [0.4, 0.5) is 0 Å². The van der Waals surface area contributed by atoms with E-state index in [1.807, 2.05) is 12.1 Å². The molecule has 1 aliphatic heterocycles. The lowest BCUT2D eigenvalue weighted by molar-refractivity contribution is -0.141. The molecule has 3 aliphatic carbocycles. The number of fused-ring (bicyclic) bond motifs is 3. The van der Waals surface area contributed by atoms with Crippen LogP contribution >= 0.6 is 0 Å². The van der Waals surface area contributed by atoms with Gasteiger partial charge in [0.1, 0.15) is 0 Å². The molecule has 1 aromatic heterocycles. The van der Waals surface area contributed by atoms with Gasteiger partial charge in [-0.05, 0) is 41.7 Å². The first-order chi connectivity index (χ1) is 10.2. The SMILES string of the molecule is O=C1[C@@H]2[C@H](C(=O)N1Cc1cccnc1)[C@@H]1C=C[C@@H]2C12CC2. The van der Waals surface area contributed by atoms with E-state index in [1.54, 1.807) is 12.4 Å². The van der Waals surface area contributed by atoms with Gasteiger partial charge in [0.25, 0.3) is 0 Å². The van der Waals surface area contributed by atoms with E-state index >= 15 is 0 Å². The minimum absolute atomic E-state index is 0.0389. The van der Waals surface area contributed by atoms with Gasteiger partial charge in [-0.2, -0.15) is 0 Å². The van der Waals surface area contributed by atoms with Crippen molar-refractivity contribution < 1.29 is 9.59 Å². The molecule has 4 nitrogen and oxygen atoms in total. The minimum atomic E-state index is -0.0910. The van der Waals surface area contributed by atoms with Crippen molar-refractivity contribution in [2.24, 2.45) is 29.1 Å². The predicted molar refractivity (Wildman–Crippen MR) is 74.6 cm³/mol. The summed E-state index contributed by atoms with van der Waals surface area (Å²) in [7, 11) is 0. The summed E-state index contributed by atoms with van der Waals surface area (Å²) >= 11 is 0. The van der Waals surface area contributed by atoms with E-state index in [1.165, 1.54) is 17.7 Å². The van der Waals surface area contributed by atoms with Crippen LogP contribution in [0.5, 0.6) is 0 Å². The molecule has 2 heterocycles. The maximum Gasteiger partial charge on any atom is 0.234 e. The minimum Gasteiger partial charge on any atom is -0.278 e. The van der Waals surface area contributed by atoms with E-state index in [9.17, 15) is 9.59 Å². The van der Waals surface area contributed by atoms with E-state index < -0.39 is 0 Å². The van der Waals surface area contributed by atoms with Crippen LogP contribution in [-0.2, 0) is 16.1 Å². The molecule has 5 rings (SSSR count). The molecule has 2 bridgehead atoms. The number of carbonyl (C=O) groups excluding carboxylic acids is 2. The fourth-order valence-electron chi connectivity index (χ4n) is 4.97. The highest BCUT2D eigenvalue weighted by Crippen LogP contribution is 2.73. The third kappa shape index (κ3) is 1.29. The number of aromatic nitrogens is 1. The summed E-state index contributed by atoms with van der Waals surface area (Å²) in [4.78, 5) is 31.0. The number of amides is 2. The predicted octanol–water partition coefficient (Wildman–Crippen LogP) is 1.78. The molecule has 1 aromatic rings. The first kappa shape index (κ1) is 11.7. The normalized spacial score (nSPS) is 37.6. The molecule has 2 amide bonds. The molecule has 3 fully saturated rings. The molecule has 4 aliphatic rings. The second kappa shape index (κ2) is 3.62. The number of hydrogen-bond donors (Lipinski definition) is 0. The number of hydrogen-bond acceptors (Lipinski definition) is 3. The quantitative estimate of drug-likeness (QED) is 0.613. The van der Waals surface area contributed by atoms with Gasteiger partial charge < -0.3 is 0 Å². The largest absolute Gasteiger partial charge is 0.278 e. The highest BCUT2D eigenvalue weighted by Gasteiger charge is 2.73. The molecule has 0 N–H and O–H groups in total. The standard InChI is InChI=1S/C17H16N2O2/c20-15-13-11-3-4-12(17(11)5-6-17)14(13)16(21)19(15)9-10-2-1-7-18-8-10/h1-4,7-8,11-14H,5-6,9H2/t11-,12-,13-,14+/m0/s1. The van der Waals surface area contributed by atoms with Gasteiger partial charge in [-0.3, -0.25) is 19.5 Å². The Balaban J connectivity index is 1.48. The van der Waals surface area contributed by atoms with Crippen molar-refractivity contribution in [2.45, 2.75) is 19.4 Å². The number of carbonyl (C=O) groups is 2. The molecule has 106 valence electrons. The van der Waals surface area contributed by atoms with Crippen molar-refractivity contribution in [3.8, 4) is 0 Å². The van der Waals surface area contributed by atoms with Crippen molar-refractivity contribution in [1.29, 1.82) is 0 Å². The van der Waals surface area contributed by atoms with Gasteiger partial charge in [0.2, 0.25) is 11.8 Å². The molecule has 4 heteroatoms. The van der Waals surface area contributed by atoms with Crippen LogP contribution < -0.4 is 0 Å². The Labute approximate surface area is 122 Å². The van der Waals surface area contributed by atoms with Gasteiger partial charge >= 0.3 is 0 Å². The number of nitrogens with zero attached hydrogens (tertiary/aromatic N) is 2. The van der Waals surface area contributed by atoms with Crippen LogP contribution in [0.25, 0.3) is 0 Å². The van der Waals surface area contributed by atoms with E-state index in [0.717, 1.165) is 5.56 Å². The number of allylic oxidation sites excluding steroid dienone is 2. The summed E-state index contributed by atoms with van der Waals surface area (Å²) in [6.45, 7) is 0.366. The van der Waals surface area contributed by atoms with Gasteiger partial charge in [0.15, 0.2) is 0 Å². The zero-order chi connectivity index (χ0) is 14.2. The Morgan fingerprint density at radius 3 is 2.33 bits per heavy atom. The lowest BCUT2D eigenvalue weighted by Gasteiger charge is -2.21. The zero-order valence-corrected chi connectivity index (χ0v) is 11.6. The average Bonchev–Trinajstić information content (AvgIpc) is 3.11. The zero-order valence-electron chi connectivity index (χ0n) is 11.6. The fourth-order valence-corrected chi connectivity index (χ4v) is 4.97. The van der Waals surface area contributed by atoms with Crippen LogP contribution in [-0.4, -0.2) is 21.7 Å². The second-order valence-corrected chi connectivity index (χ2v) is 6.85. The van der Waals surface area contributed by atoms with E-state index in [2.05, 4.69) is 17.1 Å². The van der Waals surface area contributed by atoms with Crippen LogP contribution in [0.1, 0.15) is 18.4 Å². The molecular formula is C17H16N2O2. The summed E-state index contributed by atoms with van der Waals surface area (Å²) in [5, 5.41) is 0. The van der Waals surface area contributed by atoms with Gasteiger partial charge in [-0.1, -0.05) is 18.2 Å². The lowest BCUT2D eigenvalue weighted by atomic mass is 9.85. The average molecular weight is 280 g/mol. The second-order valence-electron chi connectivity index (χ2n) is 6.85. The highest BCUT2D eigenvalue weighted by atomic mass is 16.2. The summed E-state index contributed by atoms with van der Waals surface area (Å²) < 4.78 is 0. The summed E-state index contributed by atoms with van der Waals surface area (Å²) in [6, 6.07) is 3.75. The Bertz CT molecular complexity index is 643. The maximum atomic E-state index is 12.8. The Hall–Kier alpha value is -1.97. The molecule has 1 saturated heterocycles. The molecule has 0 radical (unpaired) electrons. The third-order valence-corrected chi connectivity index (χ3v) is 6.01. The van der Waals surface area contributed by atoms with Crippen LogP contribution in [0.15, 0.2) is 36.7 Å². The summed E-state index contributed by atoms with van der Waals surface area (Å²) in [5.41, 5.74) is 1.20. The maximum absolute atomic E-state index is 12.8. The van der Waals surface area contributed by atoms with Crippen LogP contribution in [0.2, 0.25) is 0 Å². The molecule has 0 unspecified atom stereocenters. The first-order valence-electron chi connectivity index (χ1n) is 7.65. The lowest BCUT2D eigenvalue weighted by Crippen LogP contribution is -2.34. The topological polar surface area (TPSA) is 50.3 Å². The summed E-state index contributed by atoms with van der Waals surface area (Å²) in [5.74, 6) is 0.512. The van der Waals surface area contributed by atoms with Gasteiger partial charge in [0.05, 0.1) is 18.4 Å². The number of rotatable bonds is 2. The Morgan fingerprint density at radius 2 is 1.81 bits per heavy atom. The van der Waals surface area contributed by atoms with Gasteiger partial charge in [0, 0.05) is 12.4 Å². The van der Waals surface area contributed by atoms with Crippen molar-refractivity contribution in [3.05, 3.63) is 42.2 Å². The van der Waals surface area contributed by atoms with Crippen molar-refractivity contribution >= 4 is 11.8 Å². The Kier molecular flexibility index (Phi) is 2.01. The molecule has 4 atom stereocenters. The highest BCUT2D eigenvalue weighted by molar-refractivity contribution is 6.06. The molecule has 1 spiro atoms. The first-order valence-corrected chi connectivity index (χ1v) is 7.65. The number of pyridine rings is 1. The summed E-state index contributed by atoms with van der Waals surface area (Å²) in [6.07, 6.45) is 10.2. The molecule has 2 saturated carbocycles. The number of likely N-dealkylation sites (tertiary alicyclic amines) is 1. The van der Waals surface area contributed by atoms with Crippen LogP contribution in [0, 0.1) is 29.1 Å². The smallest absolute Gasteiger partial charge is 0.234 e. The molecule has 0 aromatic carbocycles. The molecular weight excluding hydrogens is 264 g/mol. The molecule has 21 heavy (non-hydrogen) atoms. The van der Waals surface area contributed by atoms with E-state index in [4.69, 9.17) is 0 Å².